The van der Waals surface area contributed by atoms with Gasteiger partial charge in [0.15, 0.2) is 12.4 Å². The first-order valence-corrected chi connectivity index (χ1v) is 8.54. The first kappa shape index (κ1) is 16.6. The SMILES string of the molecule is Cc1ccccc1OCn1ccc(C(=O)N2CC(C)CC(C)C2)n1. The molecule has 0 bridgehead atoms. The van der Waals surface area contributed by atoms with Crippen molar-refractivity contribution in [2.45, 2.75) is 33.9 Å². The van der Waals surface area contributed by atoms with Crippen LogP contribution in [0.1, 0.15) is 36.3 Å². The minimum Gasteiger partial charge on any atom is -0.471 e. The molecule has 1 fully saturated rings. The fourth-order valence-corrected chi connectivity index (χ4v) is 3.39. The molecule has 2 atom stereocenters. The predicted molar refractivity (Wildman–Crippen MR) is 92.9 cm³/mol. The Hall–Kier alpha value is -2.30. The summed E-state index contributed by atoms with van der Waals surface area (Å²) < 4.78 is 7.43. The van der Waals surface area contributed by atoms with Crippen molar-refractivity contribution < 1.29 is 9.53 Å². The van der Waals surface area contributed by atoms with E-state index in [0.29, 0.717) is 24.3 Å². The van der Waals surface area contributed by atoms with Crippen LogP contribution >= 0.6 is 0 Å². The van der Waals surface area contributed by atoms with Gasteiger partial charge in [0.05, 0.1) is 0 Å². The Morgan fingerprint density at radius 1 is 1.21 bits per heavy atom. The number of aryl methyl sites for hydroxylation is 1. The molecule has 2 unspecified atom stereocenters. The second-order valence-electron chi connectivity index (χ2n) is 6.94. The number of hydrogen-bond donors (Lipinski definition) is 0. The van der Waals surface area contributed by atoms with Crippen LogP contribution in [0.2, 0.25) is 0 Å². The molecular formula is C19H25N3O2. The number of para-hydroxylation sites is 1. The Labute approximate surface area is 143 Å². The van der Waals surface area contributed by atoms with Crippen LogP contribution in [0.5, 0.6) is 5.75 Å². The highest BCUT2D eigenvalue weighted by Gasteiger charge is 2.27. The summed E-state index contributed by atoms with van der Waals surface area (Å²) in [5.41, 5.74) is 1.57. The molecule has 0 N–H and O–H groups in total. The molecule has 0 spiro atoms. The average molecular weight is 327 g/mol. The molecule has 128 valence electrons. The third kappa shape index (κ3) is 3.78. The topological polar surface area (TPSA) is 47.4 Å². The number of piperidine rings is 1. The lowest BCUT2D eigenvalue weighted by Crippen LogP contribution is -2.42. The number of carbonyl (C=O) groups is 1. The number of aromatic nitrogens is 2. The zero-order valence-electron chi connectivity index (χ0n) is 14.6. The van der Waals surface area contributed by atoms with Crippen molar-refractivity contribution in [1.29, 1.82) is 0 Å². The van der Waals surface area contributed by atoms with E-state index in [2.05, 4.69) is 18.9 Å². The summed E-state index contributed by atoms with van der Waals surface area (Å²) in [5, 5.41) is 4.38. The number of carbonyl (C=O) groups excluding carboxylic acids is 1. The van der Waals surface area contributed by atoms with E-state index in [0.717, 1.165) is 24.4 Å². The average Bonchev–Trinajstić information content (AvgIpc) is 3.01. The van der Waals surface area contributed by atoms with Gasteiger partial charge < -0.3 is 9.64 Å². The van der Waals surface area contributed by atoms with Crippen LogP contribution in [0.15, 0.2) is 36.5 Å². The molecule has 0 saturated carbocycles. The van der Waals surface area contributed by atoms with Crippen LogP contribution in [0.3, 0.4) is 0 Å². The van der Waals surface area contributed by atoms with Crippen molar-refractivity contribution in [3.8, 4) is 5.75 Å². The van der Waals surface area contributed by atoms with Gasteiger partial charge in [-0.2, -0.15) is 5.10 Å². The molecule has 1 saturated heterocycles. The van der Waals surface area contributed by atoms with Crippen LogP contribution in [0.25, 0.3) is 0 Å². The van der Waals surface area contributed by atoms with Gasteiger partial charge >= 0.3 is 0 Å². The lowest BCUT2D eigenvalue weighted by Gasteiger charge is -2.34. The summed E-state index contributed by atoms with van der Waals surface area (Å²) >= 11 is 0. The first-order chi connectivity index (χ1) is 11.5. The Morgan fingerprint density at radius 3 is 2.62 bits per heavy atom. The monoisotopic (exact) mass is 327 g/mol. The summed E-state index contributed by atoms with van der Waals surface area (Å²) in [6.07, 6.45) is 2.98. The van der Waals surface area contributed by atoms with E-state index >= 15 is 0 Å². The Morgan fingerprint density at radius 2 is 1.92 bits per heavy atom. The van der Waals surface area contributed by atoms with E-state index in [-0.39, 0.29) is 5.91 Å². The van der Waals surface area contributed by atoms with Gasteiger partial charge in [0.1, 0.15) is 5.75 Å². The van der Waals surface area contributed by atoms with Gasteiger partial charge in [0, 0.05) is 19.3 Å². The fraction of sp³-hybridized carbons (Fsp3) is 0.474. The van der Waals surface area contributed by atoms with E-state index in [9.17, 15) is 4.79 Å². The standard InChI is InChI=1S/C19H25N3O2/c1-14-10-15(2)12-21(11-14)19(23)17-8-9-22(20-17)13-24-18-7-5-4-6-16(18)3/h4-9,14-15H,10-13H2,1-3H3. The lowest BCUT2D eigenvalue weighted by atomic mass is 9.92. The van der Waals surface area contributed by atoms with E-state index in [1.54, 1.807) is 16.9 Å². The van der Waals surface area contributed by atoms with Crippen molar-refractivity contribution in [2.24, 2.45) is 11.8 Å². The highest BCUT2D eigenvalue weighted by Crippen LogP contribution is 2.22. The summed E-state index contributed by atoms with van der Waals surface area (Å²) in [4.78, 5) is 14.6. The van der Waals surface area contributed by atoms with Crippen LogP contribution in [-0.2, 0) is 6.73 Å². The molecule has 5 nitrogen and oxygen atoms in total. The Kier molecular flexibility index (Phi) is 4.88. The summed E-state index contributed by atoms with van der Waals surface area (Å²) in [6, 6.07) is 9.63. The highest BCUT2D eigenvalue weighted by molar-refractivity contribution is 5.92. The molecular weight excluding hydrogens is 302 g/mol. The van der Waals surface area contributed by atoms with Crippen molar-refractivity contribution in [3.05, 3.63) is 47.8 Å². The molecule has 0 aliphatic carbocycles. The molecule has 1 aliphatic heterocycles. The van der Waals surface area contributed by atoms with Gasteiger partial charge in [-0.1, -0.05) is 32.0 Å². The number of likely N-dealkylation sites (tertiary alicyclic amines) is 1. The van der Waals surface area contributed by atoms with Crippen LogP contribution < -0.4 is 4.74 Å². The number of hydrogen-bond acceptors (Lipinski definition) is 3. The molecule has 1 aromatic carbocycles. The number of amides is 1. The number of rotatable bonds is 4. The number of ether oxygens (including phenoxy) is 1. The molecule has 5 heteroatoms. The molecule has 2 aromatic rings. The van der Waals surface area contributed by atoms with Gasteiger partial charge in [-0.25, -0.2) is 4.68 Å². The van der Waals surface area contributed by atoms with Gasteiger partial charge in [0.2, 0.25) is 0 Å². The van der Waals surface area contributed by atoms with Gasteiger partial charge in [-0.3, -0.25) is 4.79 Å². The van der Waals surface area contributed by atoms with Crippen molar-refractivity contribution >= 4 is 5.91 Å². The molecule has 1 aliphatic rings. The summed E-state index contributed by atoms with van der Waals surface area (Å²) in [7, 11) is 0. The summed E-state index contributed by atoms with van der Waals surface area (Å²) in [5.74, 6) is 1.94. The van der Waals surface area contributed by atoms with E-state index in [1.807, 2.05) is 36.1 Å². The van der Waals surface area contributed by atoms with Crippen LogP contribution in [-0.4, -0.2) is 33.7 Å². The maximum absolute atomic E-state index is 12.6. The fourth-order valence-electron chi connectivity index (χ4n) is 3.39. The molecule has 24 heavy (non-hydrogen) atoms. The Bertz CT molecular complexity index is 700. The first-order valence-electron chi connectivity index (χ1n) is 8.54. The second-order valence-corrected chi connectivity index (χ2v) is 6.94. The third-order valence-electron chi connectivity index (χ3n) is 4.46. The maximum atomic E-state index is 12.6. The van der Waals surface area contributed by atoms with Crippen LogP contribution in [0, 0.1) is 18.8 Å². The van der Waals surface area contributed by atoms with Crippen LogP contribution in [0.4, 0.5) is 0 Å². The quantitative estimate of drug-likeness (QED) is 0.865. The van der Waals surface area contributed by atoms with Crippen molar-refractivity contribution in [1.82, 2.24) is 14.7 Å². The number of benzene rings is 1. The molecule has 2 heterocycles. The number of nitrogens with zero attached hydrogens (tertiary/aromatic N) is 3. The summed E-state index contributed by atoms with van der Waals surface area (Å²) in [6.45, 7) is 8.33. The normalized spacial score (nSPS) is 20.9. The smallest absolute Gasteiger partial charge is 0.274 e. The maximum Gasteiger partial charge on any atom is 0.274 e. The second kappa shape index (κ2) is 7.07. The zero-order valence-corrected chi connectivity index (χ0v) is 14.6. The van der Waals surface area contributed by atoms with E-state index in [4.69, 9.17) is 4.74 Å². The molecule has 3 rings (SSSR count). The zero-order chi connectivity index (χ0) is 17.1. The van der Waals surface area contributed by atoms with Gasteiger partial charge in [0.25, 0.3) is 5.91 Å². The minimum atomic E-state index is 0.0167. The van der Waals surface area contributed by atoms with Gasteiger partial charge in [-0.05, 0) is 42.9 Å². The third-order valence-corrected chi connectivity index (χ3v) is 4.46. The van der Waals surface area contributed by atoms with E-state index in [1.165, 1.54) is 6.42 Å². The molecule has 0 radical (unpaired) electrons. The highest BCUT2D eigenvalue weighted by atomic mass is 16.5. The largest absolute Gasteiger partial charge is 0.471 e. The predicted octanol–water partition coefficient (Wildman–Crippen LogP) is 3.35. The van der Waals surface area contributed by atoms with E-state index < -0.39 is 0 Å². The Balaban J connectivity index is 1.62. The molecule has 1 amide bonds. The lowest BCUT2D eigenvalue weighted by molar-refractivity contribution is 0.0615. The van der Waals surface area contributed by atoms with Gasteiger partial charge in [-0.15, -0.1) is 0 Å². The van der Waals surface area contributed by atoms with Crippen molar-refractivity contribution in [3.63, 3.8) is 0 Å². The van der Waals surface area contributed by atoms with Crippen molar-refractivity contribution in [2.75, 3.05) is 13.1 Å². The minimum absolute atomic E-state index is 0.0167. The molecule has 1 aromatic heterocycles.